The maximum atomic E-state index is 12.3. The molecule has 3 rings (SSSR count). The zero-order valence-corrected chi connectivity index (χ0v) is 15.3. The molecule has 1 aliphatic rings. The number of nitrogens with one attached hydrogen (secondary N) is 1. The molecule has 1 heterocycles. The maximum Gasteiger partial charge on any atom is 0.256 e. The van der Waals surface area contributed by atoms with Crippen LogP contribution in [-0.4, -0.2) is 23.5 Å². The summed E-state index contributed by atoms with van der Waals surface area (Å²) in [5, 5.41) is 13.3. The third kappa shape index (κ3) is 3.32. The van der Waals surface area contributed by atoms with E-state index in [1.54, 1.807) is 23.5 Å². The van der Waals surface area contributed by atoms with Gasteiger partial charge in [0.15, 0.2) is 0 Å². The molecule has 124 valence electrons. The summed E-state index contributed by atoms with van der Waals surface area (Å²) in [6.45, 7) is 0. The number of phenols is 1. The lowest BCUT2D eigenvalue weighted by Crippen LogP contribution is -2.03. The summed E-state index contributed by atoms with van der Waals surface area (Å²) < 4.78 is 0. The number of phenolic OH excluding ortho intramolecular Hbond substituents is 1. The highest BCUT2D eigenvalue weighted by Gasteiger charge is 2.23. The van der Waals surface area contributed by atoms with Gasteiger partial charge in [0.25, 0.3) is 5.91 Å². The van der Waals surface area contributed by atoms with Crippen LogP contribution < -0.4 is 5.32 Å². The number of aromatic hydroxyl groups is 1. The van der Waals surface area contributed by atoms with Crippen LogP contribution in [0.25, 0.3) is 11.6 Å². The molecule has 2 aromatic carbocycles. The molecule has 0 aromatic heterocycles. The molecule has 0 aliphatic carbocycles. The Balaban J connectivity index is 2.08. The molecular formula is C19H19NO2S2. The molecule has 2 N–H and O–H groups in total. The molecule has 2 aromatic rings. The van der Waals surface area contributed by atoms with E-state index >= 15 is 0 Å². The number of anilines is 1. The summed E-state index contributed by atoms with van der Waals surface area (Å²) in [5.41, 5.74) is 5.21. The first-order valence-corrected chi connectivity index (χ1v) is 10.4. The van der Waals surface area contributed by atoms with Crippen molar-refractivity contribution in [2.24, 2.45) is 0 Å². The number of hydrogen-bond donors (Lipinski definition) is 2. The van der Waals surface area contributed by atoms with Crippen molar-refractivity contribution in [2.75, 3.05) is 17.8 Å². The normalized spacial score (nSPS) is 14.8. The number of rotatable bonds is 5. The van der Waals surface area contributed by atoms with Crippen molar-refractivity contribution in [3.8, 4) is 5.75 Å². The maximum absolute atomic E-state index is 12.3. The molecule has 0 bridgehead atoms. The topological polar surface area (TPSA) is 49.3 Å². The van der Waals surface area contributed by atoms with Crippen LogP contribution in [0.1, 0.15) is 22.3 Å². The molecule has 0 saturated heterocycles. The van der Waals surface area contributed by atoms with Gasteiger partial charge in [0.2, 0.25) is 0 Å². The fourth-order valence-corrected chi connectivity index (χ4v) is 3.91. The van der Waals surface area contributed by atoms with E-state index in [-0.39, 0.29) is 5.91 Å². The van der Waals surface area contributed by atoms with E-state index in [2.05, 4.69) is 5.32 Å². The Hall–Kier alpha value is -1.85. The number of benzene rings is 2. The summed E-state index contributed by atoms with van der Waals surface area (Å²) in [4.78, 5) is 12.3. The van der Waals surface area contributed by atoms with Crippen LogP contribution in [0, 0.1) is 0 Å². The molecule has 0 saturated carbocycles. The van der Waals surface area contributed by atoms with Gasteiger partial charge >= 0.3 is 0 Å². The summed E-state index contributed by atoms with van der Waals surface area (Å²) in [6.07, 6.45) is 5.94. The number of hydrogen-bond acceptors (Lipinski definition) is 4. The van der Waals surface area contributed by atoms with Crippen LogP contribution in [0.5, 0.6) is 5.75 Å². The van der Waals surface area contributed by atoms with Crippen LogP contribution in [0.2, 0.25) is 0 Å². The second-order valence-corrected chi connectivity index (χ2v) is 7.34. The van der Waals surface area contributed by atoms with E-state index in [4.69, 9.17) is 0 Å². The van der Waals surface area contributed by atoms with E-state index in [0.29, 0.717) is 11.3 Å². The van der Waals surface area contributed by atoms with Crippen molar-refractivity contribution in [1.82, 2.24) is 0 Å². The fraction of sp³-hybridized carbons (Fsp3) is 0.211. The van der Waals surface area contributed by atoms with Crippen LogP contribution in [0.3, 0.4) is 0 Å². The van der Waals surface area contributed by atoms with Crippen LogP contribution in [0.15, 0.2) is 36.4 Å². The van der Waals surface area contributed by atoms with Crippen LogP contribution in [-0.2, 0) is 16.3 Å². The first kappa shape index (κ1) is 17.0. The molecule has 3 nitrogen and oxygen atoms in total. The first-order chi connectivity index (χ1) is 11.6. The van der Waals surface area contributed by atoms with E-state index in [1.807, 2.05) is 55.0 Å². The van der Waals surface area contributed by atoms with Crippen molar-refractivity contribution >= 4 is 46.8 Å². The summed E-state index contributed by atoms with van der Waals surface area (Å²) in [5.74, 6) is 1.78. The minimum atomic E-state index is -0.0814. The Morgan fingerprint density at radius 1 is 1.08 bits per heavy atom. The third-order valence-corrected chi connectivity index (χ3v) is 5.11. The van der Waals surface area contributed by atoms with Crippen molar-refractivity contribution in [3.05, 3.63) is 58.7 Å². The predicted molar refractivity (Wildman–Crippen MR) is 105 cm³/mol. The lowest BCUT2D eigenvalue weighted by atomic mass is 10.0. The Kier molecular flexibility index (Phi) is 5.21. The second kappa shape index (κ2) is 7.36. The number of amides is 1. The van der Waals surface area contributed by atoms with Gasteiger partial charge in [0.1, 0.15) is 5.75 Å². The highest BCUT2D eigenvalue weighted by Crippen LogP contribution is 2.35. The largest absolute Gasteiger partial charge is 0.507 e. The zero-order chi connectivity index (χ0) is 17.1. The Bertz CT molecular complexity index is 788. The number of para-hydroxylation sites is 1. The van der Waals surface area contributed by atoms with Crippen molar-refractivity contribution in [1.29, 1.82) is 0 Å². The minimum absolute atomic E-state index is 0.0814. The number of carbonyl (C=O) groups excluding carboxylic acids is 1. The van der Waals surface area contributed by atoms with Gasteiger partial charge in [0.05, 0.1) is 0 Å². The Labute approximate surface area is 150 Å². The molecular weight excluding hydrogens is 338 g/mol. The van der Waals surface area contributed by atoms with E-state index in [9.17, 15) is 9.90 Å². The molecule has 5 heteroatoms. The SMILES string of the molecule is CSCc1cc(C=C2C(=O)Nc3ccccc32)cc(CSC)c1O. The van der Waals surface area contributed by atoms with Gasteiger partial charge in [-0.2, -0.15) is 23.5 Å². The zero-order valence-electron chi connectivity index (χ0n) is 13.6. The smallest absolute Gasteiger partial charge is 0.256 e. The molecule has 0 spiro atoms. The monoisotopic (exact) mass is 357 g/mol. The van der Waals surface area contributed by atoms with E-state index in [1.165, 1.54) is 0 Å². The summed E-state index contributed by atoms with van der Waals surface area (Å²) in [7, 11) is 0. The number of thioether (sulfide) groups is 2. The van der Waals surface area contributed by atoms with Gasteiger partial charge in [-0.1, -0.05) is 18.2 Å². The Morgan fingerprint density at radius 3 is 2.33 bits per heavy atom. The average molecular weight is 358 g/mol. The van der Waals surface area contributed by atoms with Gasteiger partial charge in [0, 0.05) is 39.5 Å². The molecule has 0 atom stereocenters. The average Bonchev–Trinajstić information content (AvgIpc) is 2.88. The minimum Gasteiger partial charge on any atom is -0.507 e. The third-order valence-electron chi connectivity index (χ3n) is 3.91. The molecule has 1 amide bonds. The Morgan fingerprint density at radius 2 is 1.71 bits per heavy atom. The van der Waals surface area contributed by atoms with Gasteiger partial charge in [-0.05, 0) is 42.4 Å². The second-order valence-electron chi connectivity index (χ2n) is 5.61. The van der Waals surface area contributed by atoms with Crippen molar-refractivity contribution in [2.45, 2.75) is 11.5 Å². The van der Waals surface area contributed by atoms with Gasteiger partial charge in [-0.3, -0.25) is 4.79 Å². The van der Waals surface area contributed by atoms with Gasteiger partial charge in [-0.15, -0.1) is 0 Å². The molecule has 24 heavy (non-hydrogen) atoms. The predicted octanol–water partition coefficient (Wildman–Crippen LogP) is 4.61. The van der Waals surface area contributed by atoms with Crippen molar-refractivity contribution < 1.29 is 9.90 Å². The first-order valence-electron chi connectivity index (χ1n) is 7.59. The lowest BCUT2D eigenvalue weighted by molar-refractivity contribution is -0.110. The number of carbonyl (C=O) groups is 1. The molecule has 1 aliphatic heterocycles. The van der Waals surface area contributed by atoms with E-state index < -0.39 is 0 Å². The van der Waals surface area contributed by atoms with Crippen LogP contribution in [0.4, 0.5) is 5.69 Å². The molecule has 0 radical (unpaired) electrons. The standard InChI is InChI=1S/C19H19NO2S2/c1-23-10-13-7-12(8-14(11-24-2)18(13)21)9-16-15-5-3-4-6-17(15)20-19(16)22/h3-9,21H,10-11H2,1-2H3,(H,20,22). The van der Waals surface area contributed by atoms with E-state index in [0.717, 1.165) is 39.4 Å². The lowest BCUT2D eigenvalue weighted by Gasteiger charge is -2.11. The van der Waals surface area contributed by atoms with Gasteiger partial charge in [-0.25, -0.2) is 0 Å². The molecule has 0 unspecified atom stereocenters. The van der Waals surface area contributed by atoms with Crippen LogP contribution >= 0.6 is 23.5 Å². The van der Waals surface area contributed by atoms with Gasteiger partial charge < -0.3 is 10.4 Å². The highest BCUT2D eigenvalue weighted by molar-refractivity contribution is 7.98. The highest BCUT2D eigenvalue weighted by atomic mass is 32.2. The number of fused-ring (bicyclic) bond motifs is 1. The summed E-state index contributed by atoms with van der Waals surface area (Å²) >= 11 is 3.34. The summed E-state index contributed by atoms with van der Waals surface area (Å²) in [6, 6.07) is 11.6. The van der Waals surface area contributed by atoms with Crippen molar-refractivity contribution in [3.63, 3.8) is 0 Å². The quantitative estimate of drug-likeness (QED) is 0.767. The molecule has 0 fully saturated rings. The fourth-order valence-electron chi connectivity index (χ4n) is 2.85.